The molecule has 0 aliphatic heterocycles. The Hall–Kier alpha value is -3.24. The van der Waals surface area contributed by atoms with Crippen LogP contribution in [0, 0.1) is 13.8 Å². The zero-order valence-corrected chi connectivity index (χ0v) is 20.0. The Morgan fingerprint density at radius 3 is 2.15 bits per heavy atom. The van der Waals surface area contributed by atoms with Gasteiger partial charge in [-0.05, 0) is 61.4 Å². The maximum absolute atomic E-state index is 12.5. The van der Waals surface area contributed by atoms with Crippen LogP contribution in [0.1, 0.15) is 35.3 Å². The van der Waals surface area contributed by atoms with E-state index in [9.17, 15) is 22.8 Å². The number of hydrogen-bond donors (Lipinski definition) is 2. The molecule has 0 aromatic heterocycles. The SMILES string of the molecule is CCN(CC)S(=O)(=O)c1ccc(C(=O)NCC(=O)OCC(=O)Nc2ccc(C)c(C)c2)cc1. The molecule has 0 saturated heterocycles. The van der Waals surface area contributed by atoms with Crippen molar-refractivity contribution in [2.24, 2.45) is 0 Å². The summed E-state index contributed by atoms with van der Waals surface area (Å²) in [6.07, 6.45) is 0. The summed E-state index contributed by atoms with van der Waals surface area (Å²) < 4.78 is 31.2. The van der Waals surface area contributed by atoms with E-state index in [0.717, 1.165) is 11.1 Å². The lowest BCUT2D eigenvalue weighted by molar-refractivity contribution is -0.146. The summed E-state index contributed by atoms with van der Waals surface area (Å²) in [5.74, 6) is -1.85. The normalized spacial score (nSPS) is 11.2. The highest BCUT2D eigenvalue weighted by Gasteiger charge is 2.21. The number of esters is 1. The molecule has 0 unspecified atom stereocenters. The second-order valence-corrected chi connectivity index (χ2v) is 9.24. The van der Waals surface area contributed by atoms with Crippen LogP contribution in [0.3, 0.4) is 0 Å². The average Bonchev–Trinajstić information content (AvgIpc) is 2.79. The Morgan fingerprint density at radius 1 is 0.939 bits per heavy atom. The molecule has 9 nitrogen and oxygen atoms in total. The largest absolute Gasteiger partial charge is 0.454 e. The highest BCUT2D eigenvalue weighted by molar-refractivity contribution is 7.89. The van der Waals surface area contributed by atoms with Crippen LogP contribution in [-0.4, -0.2) is 56.7 Å². The molecule has 0 aliphatic carbocycles. The Labute approximate surface area is 194 Å². The zero-order valence-electron chi connectivity index (χ0n) is 19.2. The number of ether oxygens (including phenoxy) is 1. The van der Waals surface area contributed by atoms with Crippen molar-refractivity contribution < 1.29 is 27.5 Å². The van der Waals surface area contributed by atoms with E-state index in [0.29, 0.717) is 18.8 Å². The topological polar surface area (TPSA) is 122 Å². The number of hydrogen-bond acceptors (Lipinski definition) is 6. The smallest absolute Gasteiger partial charge is 0.325 e. The predicted molar refractivity (Wildman–Crippen MR) is 124 cm³/mol. The molecule has 0 fully saturated rings. The lowest BCUT2D eigenvalue weighted by atomic mass is 10.1. The number of benzene rings is 2. The van der Waals surface area contributed by atoms with Crippen LogP contribution in [0.15, 0.2) is 47.4 Å². The van der Waals surface area contributed by atoms with E-state index in [1.165, 1.54) is 28.6 Å². The van der Waals surface area contributed by atoms with Gasteiger partial charge in [0.05, 0.1) is 4.90 Å². The number of carbonyl (C=O) groups excluding carboxylic acids is 3. The lowest BCUT2D eigenvalue weighted by Crippen LogP contribution is -2.32. The Balaban J connectivity index is 1.83. The molecule has 2 aromatic rings. The van der Waals surface area contributed by atoms with Crippen molar-refractivity contribution in [3.8, 4) is 0 Å². The molecule has 2 aromatic carbocycles. The van der Waals surface area contributed by atoms with E-state index in [1.807, 2.05) is 26.0 Å². The first kappa shape index (κ1) is 26.0. The molecule has 0 radical (unpaired) electrons. The molecule has 33 heavy (non-hydrogen) atoms. The van der Waals surface area contributed by atoms with Gasteiger partial charge in [0, 0.05) is 24.3 Å². The first-order chi connectivity index (χ1) is 15.6. The van der Waals surface area contributed by atoms with Crippen LogP contribution in [0.5, 0.6) is 0 Å². The summed E-state index contributed by atoms with van der Waals surface area (Å²) in [5, 5.41) is 5.02. The predicted octanol–water partition coefficient (Wildman–Crippen LogP) is 2.25. The van der Waals surface area contributed by atoms with Gasteiger partial charge < -0.3 is 15.4 Å². The van der Waals surface area contributed by atoms with Crippen molar-refractivity contribution in [2.45, 2.75) is 32.6 Å². The van der Waals surface area contributed by atoms with E-state index >= 15 is 0 Å². The Morgan fingerprint density at radius 2 is 1.58 bits per heavy atom. The van der Waals surface area contributed by atoms with Gasteiger partial charge in [0.1, 0.15) is 6.54 Å². The molecule has 0 heterocycles. The highest BCUT2D eigenvalue weighted by atomic mass is 32.2. The fourth-order valence-electron chi connectivity index (χ4n) is 2.96. The minimum Gasteiger partial charge on any atom is -0.454 e. The van der Waals surface area contributed by atoms with Crippen molar-refractivity contribution in [2.75, 3.05) is 31.6 Å². The van der Waals surface area contributed by atoms with E-state index in [-0.39, 0.29) is 10.5 Å². The summed E-state index contributed by atoms with van der Waals surface area (Å²) in [6, 6.07) is 10.9. The van der Waals surface area contributed by atoms with Gasteiger partial charge in [0.25, 0.3) is 11.8 Å². The third kappa shape index (κ3) is 7.13. The number of nitrogens with one attached hydrogen (secondary N) is 2. The number of anilines is 1. The molecular formula is C23H29N3O6S. The van der Waals surface area contributed by atoms with Crippen LogP contribution in [0.25, 0.3) is 0 Å². The number of nitrogens with zero attached hydrogens (tertiary/aromatic N) is 1. The van der Waals surface area contributed by atoms with Gasteiger partial charge in [-0.1, -0.05) is 19.9 Å². The van der Waals surface area contributed by atoms with E-state index < -0.39 is 41.0 Å². The van der Waals surface area contributed by atoms with Crippen molar-refractivity contribution >= 4 is 33.5 Å². The van der Waals surface area contributed by atoms with Gasteiger partial charge >= 0.3 is 5.97 Å². The average molecular weight is 476 g/mol. The van der Waals surface area contributed by atoms with Crippen LogP contribution < -0.4 is 10.6 Å². The van der Waals surface area contributed by atoms with Crippen LogP contribution in [-0.2, 0) is 24.3 Å². The standard InChI is InChI=1S/C23H29N3O6S/c1-5-26(6-2)33(30,31)20-11-8-18(9-12-20)23(29)24-14-22(28)32-15-21(27)25-19-10-7-16(3)17(4)13-19/h7-13H,5-6,14-15H2,1-4H3,(H,24,29)(H,25,27). The second kappa shape index (κ2) is 11.6. The maximum atomic E-state index is 12.5. The van der Waals surface area contributed by atoms with Crippen molar-refractivity contribution in [1.82, 2.24) is 9.62 Å². The maximum Gasteiger partial charge on any atom is 0.325 e. The van der Waals surface area contributed by atoms with Gasteiger partial charge in [-0.15, -0.1) is 0 Å². The number of carbonyl (C=O) groups is 3. The minimum atomic E-state index is -3.62. The number of rotatable bonds is 10. The second-order valence-electron chi connectivity index (χ2n) is 7.30. The van der Waals surface area contributed by atoms with Gasteiger partial charge in [0.15, 0.2) is 6.61 Å². The molecule has 0 atom stereocenters. The first-order valence-electron chi connectivity index (χ1n) is 10.5. The third-order valence-electron chi connectivity index (χ3n) is 5.01. The van der Waals surface area contributed by atoms with Crippen molar-refractivity contribution in [3.05, 3.63) is 59.2 Å². The van der Waals surface area contributed by atoms with Gasteiger partial charge in [0.2, 0.25) is 10.0 Å². The van der Waals surface area contributed by atoms with Gasteiger partial charge in [-0.2, -0.15) is 4.31 Å². The van der Waals surface area contributed by atoms with Gasteiger partial charge in [-0.3, -0.25) is 14.4 Å². The third-order valence-corrected chi connectivity index (χ3v) is 7.07. The van der Waals surface area contributed by atoms with Crippen molar-refractivity contribution in [1.29, 1.82) is 0 Å². The Kier molecular flexibility index (Phi) is 9.12. The van der Waals surface area contributed by atoms with Crippen LogP contribution in [0.4, 0.5) is 5.69 Å². The number of amides is 2. The lowest BCUT2D eigenvalue weighted by Gasteiger charge is -2.18. The summed E-state index contributed by atoms with van der Waals surface area (Å²) in [4.78, 5) is 36.1. The minimum absolute atomic E-state index is 0.0805. The molecule has 2 rings (SSSR count). The van der Waals surface area contributed by atoms with Crippen molar-refractivity contribution in [3.63, 3.8) is 0 Å². The van der Waals surface area contributed by atoms with E-state index in [1.54, 1.807) is 19.9 Å². The molecule has 2 amide bonds. The molecule has 178 valence electrons. The van der Waals surface area contributed by atoms with Crippen LogP contribution >= 0.6 is 0 Å². The molecule has 0 bridgehead atoms. The fourth-order valence-corrected chi connectivity index (χ4v) is 4.42. The summed E-state index contributed by atoms with van der Waals surface area (Å²) in [5.41, 5.74) is 2.90. The summed E-state index contributed by atoms with van der Waals surface area (Å²) in [7, 11) is -3.62. The van der Waals surface area contributed by atoms with Gasteiger partial charge in [-0.25, -0.2) is 8.42 Å². The number of sulfonamides is 1. The molecule has 0 spiro atoms. The fraction of sp³-hybridized carbons (Fsp3) is 0.348. The Bertz CT molecular complexity index is 1110. The molecule has 10 heteroatoms. The first-order valence-corrected chi connectivity index (χ1v) is 11.9. The summed E-state index contributed by atoms with van der Waals surface area (Å²) >= 11 is 0. The summed E-state index contributed by atoms with van der Waals surface area (Å²) in [6.45, 7) is 7.13. The zero-order chi connectivity index (χ0) is 24.6. The molecular weight excluding hydrogens is 446 g/mol. The van der Waals surface area contributed by atoms with E-state index in [4.69, 9.17) is 4.74 Å². The quantitative estimate of drug-likeness (QED) is 0.508. The molecule has 0 aliphatic rings. The molecule has 2 N–H and O–H groups in total. The molecule has 0 saturated carbocycles. The van der Waals surface area contributed by atoms with E-state index in [2.05, 4.69) is 10.6 Å². The number of aryl methyl sites for hydroxylation is 2. The van der Waals surface area contributed by atoms with Crippen LogP contribution in [0.2, 0.25) is 0 Å². The monoisotopic (exact) mass is 475 g/mol. The highest BCUT2D eigenvalue weighted by Crippen LogP contribution is 2.16.